The van der Waals surface area contributed by atoms with Crippen molar-refractivity contribution in [3.8, 4) is 11.1 Å². The number of hydrogen-bond donors (Lipinski definition) is 3. The van der Waals surface area contributed by atoms with Crippen LogP contribution in [0.2, 0.25) is 0 Å². The molecule has 0 spiro atoms. The zero-order chi connectivity index (χ0) is 24.3. The number of carbonyl (C=O) groups is 3. The summed E-state index contributed by atoms with van der Waals surface area (Å²) in [6.07, 6.45) is 1.86. The van der Waals surface area contributed by atoms with E-state index >= 15 is 0 Å². The first kappa shape index (κ1) is 23.8. The Morgan fingerprint density at radius 1 is 1.00 bits per heavy atom. The molecule has 2 aliphatic rings. The Morgan fingerprint density at radius 2 is 1.59 bits per heavy atom. The molecular formula is C27H32N2O5. The molecule has 4 rings (SSSR count). The summed E-state index contributed by atoms with van der Waals surface area (Å²) >= 11 is 0. The van der Waals surface area contributed by atoms with E-state index < -0.39 is 17.6 Å². The highest BCUT2D eigenvalue weighted by molar-refractivity contribution is 5.86. The second-order valence-electron chi connectivity index (χ2n) is 9.65. The summed E-state index contributed by atoms with van der Waals surface area (Å²) in [4.78, 5) is 35.9. The number of ether oxygens (including phenoxy) is 1. The van der Waals surface area contributed by atoms with Gasteiger partial charge >= 0.3 is 12.1 Å². The number of alkyl carbamates (subject to hydrolysis) is 1. The van der Waals surface area contributed by atoms with Gasteiger partial charge in [0.05, 0.1) is 0 Å². The SMILES string of the molecule is CCC(C)(NC(=O)CC1CC(CNC(=O)OCC2c3ccccc3-c3ccccc32)C1)C(=O)O. The predicted molar refractivity (Wildman–Crippen MR) is 128 cm³/mol. The van der Waals surface area contributed by atoms with Gasteiger partial charge in [0.25, 0.3) is 0 Å². The lowest BCUT2D eigenvalue weighted by Crippen LogP contribution is -2.52. The highest BCUT2D eigenvalue weighted by Gasteiger charge is 2.36. The van der Waals surface area contributed by atoms with Crippen LogP contribution in [0.4, 0.5) is 4.79 Å². The summed E-state index contributed by atoms with van der Waals surface area (Å²) in [5.41, 5.74) is 3.52. The number of aliphatic carboxylic acids is 1. The van der Waals surface area contributed by atoms with Crippen LogP contribution in [0.5, 0.6) is 0 Å². The van der Waals surface area contributed by atoms with Crippen molar-refractivity contribution in [3.05, 3.63) is 59.7 Å². The largest absolute Gasteiger partial charge is 0.480 e. The molecule has 34 heavy (non-hydrogen) atoms. The van der Waals surface area contributed by atoms with E-state index in [9.17, 15) is 19.5 Å². The molecule has 3 N–H and O–H groups in total. The number of amides is 2. The minimum Gasteiger partial charge on any atom is -0.480 e. The Morgan fingerprint density at radius 3 is 2.15 bits per heavy atom. The molecule has 0 aromatic heterocycles. The Labute approximate surface area is 199 Å². The second kappa shape index (κ2) is 9.87. The van der Waals surface area contributed by atoms with Gasteiger partial charge in [-0.3, -0.25) is 4.79 Å². The molecule has 2 aromatic rings. The number of carbonyl (C=O) groups excluding carboxylic acids is 2. The molecule has 0 aliphatic heterocycles. The van der Waals surface area contributed by atoms with Gasteiger partial charge in [-0.25, -0.2) is 9.59 Å². The summed E-state index contributed by atoms with van der Waals surface area (Å²) in [7, 11) is 0. The molecule has 7 heteroatoms. The van der Waals surface area contributed by atoms with E-state index in [2.05, 4.69) is 34.9 Å². The minimum absolute atomic E-state index is 0.0318. The van der Waals surface area contributed by atoms with Crippen molar-refractivity contribution >= 4 is 18.0 Å². The van der Waals surface area contributed by atoms with E-state index in [1.807, 2.05) is 24.3 Å². The van der Waals surface area contributed by atoms with E-state index in [1.54, 1.807) is 6.92 Å². The number of rotatable bonds is 9. The lowest BCUT2D eigenvalue weighted by molar-refractivity contribution is -0.147. The highest BCUT2D eigenvalue weighted by Crippen LogP contribution is 2.44. The van der Waals surface area contributed by atoms with Crippen molar-refractivity contribution in [2.24, 2.45) is 11.8 Å². The fourth-order valence-electron chi connectivity index (χ4n) is 5.00. The van der Waals surface area contributed by atoms with Crippen LogP contribution in [-0.2, 0) is 14.3 Å². The zero-order valence-electron chi connectivity index (χ0n) is 19.7. The molecule has 1 saturated carbocycles. The van der Waals surface area contributed by atoms with Crippen LogP contribution in [-0.4, -0.2) is 41.8 Å². The number of carboxylic acids is 1. The van der Waals surface area contributed by atoms with Gasteiger partial charge in [0, 0.05) is 18.9 Å². The molecule has 1 atom stereocenters. The summed E-state index contributed by atoms with van der Waals surface area (Å²) in [5, 5.41) is 14.8. The normalized spacial score (nSPS) is 20.3. The standard InChI is InChI=1S/C27H32N2O5/c1-3-27(2,25(31)32)29-24(30)14-17-12-18(13-17)15-28-26(33)34-16-23-21-10-6-4-8-19(21)20-9-5-7-11-22(20)23/h4-11,17-18,23H,3,12-16H2,1-2H3,(H,28,33)(H,29,30)(H,31,32). The van der Waals surface area contributed by atoms with E-state index in [0.717, 1.165) is 12.8 Å². The molecule has 0 saturated heterocycles. The van der Waals surface area contributed by atoms with Gasteiger partial charge < -0.3 is 20.5 Å². The lowest BCUT2D eigenvalue weighted by Gasteiger charge is -2.35. The van der Waals surface area contributed by atoms with E-state index in [0.29, 0.717) is 25.3 Å². The van der Waals surface area contributed by atoms with Crippen molar-refractivity contribution in [1.29, 1.82) is 0 Å². The first-order valence-corrected chi connectivity index (χ1v) is 11.9. The minimum atomic E-state index is -1.23. The molecule has 7 nitrogen and oxygen atoms in total. The van der Waals surface area contributed by atoms with Crippen molar-refractivity contribution < 1.29 is 24.2 Å². The quantitative estimate of drug-likeness (QED) is 0.513. The highest BCUT2D eigenvalue weighted by atomic mass is 16.5. The summed E-state index contributed by atoms with van der Waals surface area (Å²) in [5.74, 6) is -0.717. The van der Waals surface area contributed by atoms with Crippen LogP contribution in [0.15, 0.2) is 48.5 Å². The summed E-state index contributed by atoms with van der Waals surface area (Å²) in [6.45, 7) is 4.06. The summed E-state index contributed by atoms with van der Waals surface area (Å²) in [6, 6.07) is 16.4. The first-order chi connectivity index (χ1) is 16.3. The number of hydrogen-bond acceptors (Lipinski definition) is 4. The van der Waals surface area contributed by atoms with E-state index in [1.165, 1.54) is 29.2 Å². The molecule has 1 fully saturated rings. The van der Waals surface area contributed by atoms with Gasteiger partial charge in [0.15, 0.2) is 0 Å². The second-order valence-corrected chi connectivity index (χ2v) is 9.65. The Balaban J connectivity index is 1.19. The maximum atomic E-state index is 12.3. The topological polar surface area (TPSA) is 105 Å². The van der Waals surface area contributed by atoms with Crippen LogP contribution < -0.4 is 10.6 Å². The Hall–Kier alpha value is -3.35. The third-order valence-corrected chi connectivity index (χ3v) is 7.28. The van der Waals surface area contributed by atoms with Crippen LogP contribution in [0.3, 0.4) is 0 Å². The van der Waals surface area contributed by atoms with Crippen molar-refractivity contribution in [2.75, 3.05) is 13.2 Å². The number of nitrogens with one attached hydrogen (secondary N) is 2. The maximum Gasteiger partial charge on any atom is 0.407 e. The fourth-order valence-corrected chi connectivity index (χ4v) is 5.00. The molecule has 1 unspecified atom stereocenters. The van der Waals surface area contributed by atoms with Gasteiger partial charge in [0.1, 0.15) is 12.1 Å². The monoisotopic (exact) mass is 464 g/mol. The average Bonchev–Trinajstić information content (AvgIpc) is 3.12. The number of fused-ring (bicyclic) bond motifs is 3. The number of carboxylic acid groups (broad SMARTS) is 1. The smallest absolute Gasteiger partial charge is 0.407 e. The summed E-state index contributed by atoms with van der Waals surface area (Å²) < 4.78 is 5.57. The third-order valence-electron chi connectivity index (χ3n) is 7.28. The number of benzene rings is 2. The van der Waals surface area contributed by atoms with Crippen LogP contribution in [0.25, 0.3) is 11.1 Å². The molecule has 180 valence electrons. The van der Waals surface area contributed by atoms with Crippen molar-refractivity contribution in [3.63, 3.8) is 0 Å². The first-order valence-electron chi connectivity index (χ1n) is 11.9. The van der Waals surface area contributed by atoms with Crippen LogP contribution in [0.1, 0.15) is 56.6 Å². The maximum absolute atomic E-state index is 12.3. The average molecular weight is 465 g/mol. The zero-order valence-corrected chi connectivity index (χ0v) is 19.7. The molecule has 0 radical (unpaired) electrons. The van der Waals surface area contributed by atoms with Gasteiger partial charge in [-0.05, 0) is 60.3 Å². The van der Waals surface area contributed by atoms with Gasteiger partial charge in [0.2, 0.25) is 5.91 Å². The molecule has 2 amide bonds. The predicted octanol–water partition coefficient (Wildman–Crippen LogP) is 4.31. The van der Waals surface area contributed by atoms with Gasteiger partial charge in [-0.15, -0.1) is 0 Å². The Bertz CT molecular complexity index is 1030. The third kappa shape index (κ3) is 4.93. The van der Waals surface area contributed by atoms with Crippen molar-refractivity contribution in [2.45, 2.75) is 51.0 Å². The molecule has 0 bridgehead atoms. The van der Waals surface area contributed by atoms with Crippen LogP contribution >= 0.6 is 0 Å². The van der Waals surface area contributed by atoms with Gasteiger partial charge in [-0.2, -0.15) is 0 Å². The fraction of sp³-hybridized carbons (Fsp3) is 0.444. The molecule has 2 aromatic carbocycles. The van der Waals surface area contributed by atoms with Crippen molar-refractivity contribution in [1.82, 2.24) is 10.6 Å². The molecule has 2 aliphatic carbocycles. The van der Waals surface area contributed by atoms with E-state index in [-0.39, 0.29) is 24.3 Å². The van der Waals surface area contributed by atoms with E-state index in [4.69, 9.17) is 4.74 Å². The van der Waals surface area contributed by atoms with Gasteiger partial charge in [-0.1, -0.05) is 55.5 Å². The molecular weight excluding hydrogens is 432 g/mol. The van der Waals surface area contributed by atoms with Crippen LogP contribution in [0, 0.1) is 11.8 Å². The Kier molecular flexibility index (Phi) is 6.91. The lowest BCUT2D eigenvalue weighted by atomic mass is 9.73. The molecule has 0 heterocycles.